The summed E-state index contributed by atoms with van der Waals surface area (Å²) in [6, 6.07) is 5.59. The van der Waals surface area contributed by atoms with Crippen molar-refractivity contribution in [3.05, 3.63) is 23.2 Å². The molecule has 0 bridgehead atoms. The fraction of sp³-hybridized carbons (Fsp3) is 0.429. The summed E-state index contributed by atoms with van der Waals surface area (Å²) in [5, 5.41) is 10.2. The summed E-state index contributed by atoms with van der Waals surface area (Å²) in [5.41, 5.74) is 1.82. The number of rotatable bonds is 6. The van der Waals surface area contributed by atoms with Crippen molar-refractivity contribution in [2.75, 3.05) is 5.75 Å². The van der Waals surface area contributed by atoms with Crippen LogP contribution >= 0.6 is 23.4 Å². The Morgan fingerprint density at radius 2 is 2.25 bits per heavy atom. The van der Waals surface area contributed by atoms with Crippen LogP contribution in [0.5, 0.6) is 0 Å². The molecule has 0 aliphatic carbocycles. The number of fused-ring (bicyclic) bond motifs is 1. The summed E-state index contributed by atoms with van der Waals surface area (Å²) in [4.78, 5) is 15.2. The van der Waals surface area contributed by atoms with Crippen LogP contribution in [0.4, 0.5) is 0 Å². The standard InChI is InChI=1S/C14H17ClN2O2S/c1-9(2)5-6-17-12-4-3-10(15)7-11(12)16-14(17)20-8-13(18)19/h3-4,7,9H,5-6,8H2,1-2H3,(H,18,19). The highest BCUT2D eigenvalue weighted by molar-refractivity contribution is 7.99. The van der Waals surface area contributed by atoms with Crippen LogP contribution in [0.1, 0.15) is 20.3 Å². The molecule has 0 saturated heterocycles. The SMILES string of the molecule is CC(C)CCn1c(SCC(=O)O)nc2cc(Cl)ccc21. The first-order chi connectivity index (χ1) is 9.47. The number of imidazole rings is 1. The molecule has 2 rings (SSSR count). The van der Waals surface area contributed by atoms with E-state index in [0.717, 1.165) is 29.2 Å². The van der Waals surface area contributed by atoms with Gasteiger partial charge in [-0.05, 0) is 30.5 Å². The Kier molecular flexibility index (Phi) is 4.94. The first-order valence-corrected chi connectivity index (χ1v) is 7.84. The van der Waals surface area contributed by atoms with Crippen molar-refractivity contribution in [2.45, 2.75) is 32.0 Å². The Labute approximate surface area is 127 Å². The van der Waals surface area contributed by atoms with E-state index < -0.39 is 5.97 Å². The van der Waals surface area contributed by atoms with E-state index in [9.17, 15) is 4.79 Å². The first kappa shape index (κ1) is 15.2. The van der Waals surface area contributed by atoms with Crippen LogP contribution in [0.3, 0.4) is 0 Å². The molecule has 4 nitrogen and oxygen atoms in total. The van der Waals surface area contributed by atoms with E-state index in [4.69, 9.17) is 16.7 Å². The monoisotopic (exact) mass is 312 g/mol. The maximum absolute atomic E-state index is 10.7. The van der Waals surface area contributed by atoms with Gasteiger partial charge in [-0.2, -0.15) is 0 Å². The number of aliphatic carboxylic acids is 1. The number of hydrogen-bond donors (Lipinski definition) is 1. The molecule has 0 atom stereocenters. The molecular weight excluding hydrogens is 296 g/mol. The van der Waals surface area contributed by atoms with Crippen LogP contribution in [-0.2, 0) is 11.3 Å². The van der Waals surface area contributed by atoms with E-state index in [1.165, 1.54) is 11.8 Å². The maximum atomic E-state index is 10.7. The number of carboxylic acid groups (broad SMARTS) is 1. The molecule has 1 N–H and O–H groups in total. The smallest absolute Gasteiger partial charge is 0.313 e. The van der Waals surface area contributed by atoms with Crippen molar-refractivity contribution < 1.29 is 9.90 Å². The lowest BCUT2D eigenvalue weighted by Crippen LogP contribution is -2.05. The number of hydrogen-bond acceptors (Lipinski definition) is 3. The highest BCUT2D eigenvalue weighted by Gasteiger charge is 2.13. The summed E-state index contributed by atoms with van der Waals surface area (Å²) in [5.74, 6) is -0.244. The molecule has 1 aromatic heterocycles. The molecule has 2 aromatic rings. The van der Waals surface area contributed by atoms with Gasteiger partial charge in [0.2, 0.25) is 0 Å². The molecule has 0 radical (unpaired) electrons. The van der Waals surface area contributed by atoms with Gasteiger partial charge in [0.05, 0.1) is 16.8 Å². The third-order valence-electron chi connectivity index (χ3n) is 2.93. The Bertz CT molecular complexity index is 625. The zero-order valence-electron chi connectivity index (χ0n) is 11.5. The van der Waals surface area contributed by atoms with Crippen LogP contribution in [0, 0.1) is 5.92 Å². The van der Waals surface area contributed by atoms with Gasteiger partial charge in [-0.25, -0.2) is 4.98 Å². The largest absolute Gasteiger partial charge is 0.481 e. The first-order valence-electron chi connectivity index (χ1n) is 6.47. The van der Waals surface area contributed by atoms with Gasteiger partial charge in [-0.1, -0.05) is 37.2 Å². The van der Waals surface area contributed by atoms with Gasteiger partial charge in [0.25, 0.3) is 0 Å². The topological polar surface area (TPSA) is 55.1 Å². The molecule has 1 heterocycles. The van der Waals surface area contributed by atoms with Crippen molar-refractivity contribution >= 4 is 40.4 Å². The van der Waals surface area contributed by atoms with Gasteiger partial charge < -0.3 is 9.67 Å². The minimum atomic E-state index is -0.838. The second-order valence-electron chi connectivity index (χ2n) is 5.04. The fourth-order valence-electron chi connectivity index (χ4n) is 1.92. The Balaban J connectivity index is 2.36. The summed E-state index contributed by atoms with van der Waals surface area (Å²) < 4.78 is 2.08. The molecule has 0 spiro atoms. The molecule has 6 heteroatoms. The third-order valence-corrected chi connectivity index (χ3v) is 4.13. The van der Waals surface area contributed by atoms with Crippen LogP contribution in [0.2, 0.25) is 5.02 Å². The number of thioether (sulfide) groups is 1. The number of carbonyl (C=O) groups is 1. The Morgan fingerprint density at radius 3 is 2.90 bits per heavy atom. The normalized spacial score (nSPS) is 11.4. The molecule has 0 amide bonds. The molecule has 0 fully saturated rings. The summed E-state index contributed by atoms with van der Waals surface area (Å²) in [6.07, 6.45) is 1.02. The fourth-order valence-corrected chi connectivity index (χ4v) is 2.85. The van der Waals surface area contributed by atoms with Crippen LogP contribution < -0.4 is 0 Å². The van der Waals surface area contributed by atoms with Crippen molar-refractivity contribution in [2.24, 2.45) is 5.92 Å². The van der Waals surface area contributed by atoms with Crippen LogP contribution in [-0.4, -0.2) is 26.4 Å². The van der Waals surface area contributed by atoms with Crippen molar-refractivity contribution in [3.8, 4) is 0 Å². The number of aromatic nitrogens is 2. The lowest BCUT2D eigenvalue weighted by molar-refractivity contribution is -0.133. The summed E-state index contributed by atoms with van der Waals surface area (Å²) >= 11 is 7.23. The van der Waals surface area contributed by atoms with Crippen molar-refractivity contribution in [3.63, 3.8) is 0 Å². The summed E-state index contributed by atoms with van der Waals surface area (Å²) in [6.45, 7) is 5.16. The van der Waals surface area contributed by atoms with Crippen LogP contribution in [0.15, 0.2) is 23.4 Å². The van der Waals surface area contributed by atoms with E-state index in [1.54, 1.807) is 0 Å². The van der Waals surface area contributed by atoms with E-state index in [0.29, 0.717) is 10.9 Å². The quantitative estimate of drug-likeness (QED) is 0.822. The summed E-state index contributed by atoms with van der Waals surface area (Å²) in [7, 11) is 0. The van der Waals surface area contributed by atoms with Gasteiger partial charge in [-0.3, -0.25) is 4.79 Å². The van der Waals surface area contributed by atoms with E-state index in [-0.39, 0.29) is 5.75 Å². The minimum absolute atomic E-state index is 0.0126. The Hall–Kier alpha value is -1.20. The molecule has 0 aliphatic heterocycles. The van der Waals surface area contributed by atoms with Crippen molar-refractivity contribution in [1.29, 1.82) is 0 Å². The molecule has 20 heavy (non-hydrogen) atoms. The second-order valence-corrected chi connectivity index (χ2v) is 6.42. The number of nitrogens with zero attached hydrogens (tertiary/aromatic N) is 2. The van der Waals surface area contributed by atoms with Gasteiger partial charge in [0.15, 0.2) is 5.16 Å². The molecule has 108 valence electrons. The molecule has 0 saturated carbocycles. The number of benzene rings is 1. The van der Waals surface area contributed by atoms with Gasteiger partial charge in [0.1, 0.15) is 0 Å². The van der Waals surface area contributed by atoms with Crippen molar-refractivity contribution in [1.82, 2.24) is 9.55 Å². The predicted octanol–water partition coefficient (Wildman–Crippen LogP) is 3.91. The maximum Gasteiger partial charge on any atom is 0.313 e. The lowest BCUT2D eigenvalue weighted by atomic mass is 10.1. The van der Waals surface area contributed by atoms with Crippen LogP contribution in [0.25, 0.3) is 11.0 Å². The van der Waals surface area contributed by atoms with Gasteiger partial charge >= 0.3 is 5.97 Å². The third kappa shape index (κ3) is 3.67. The zero-order chi connectivity index (χ0) is 14.7. The van der Waals surface area contributed by atoms with E-state index in [1.807, 2.05) is 18.2 Å². The van der Waals surface area contributed by atoms with Gasteiger partial charge in [-0.15, -0.1) is 0 Å². The lowest BCUT2D eigenvalue weighted by Gasteiger charge is -2.10. The highest BCUT2D eigenvalue weighted by Crippen LogP contribution is 2.27. The number of carboxylic acids is 1. The number of aryl methyl sites for hydroxylation is 1. The average molecular weight is 313 g/mol. The molecular formula is C14H17ClN2O2S. The molecule has 0 aliphatic rings. The Morgan fingerprint density at radius 1 is 1.50 bits per heavy atom. The average Bonchev–Trinajstić information content (AvgIpc) is 2.70. The molecule has 0 unspecified atom stereocenters. The second kappa shape index (κ2) is 6.50. The number of halogens is 1. The highest BCUT2D eigenvalue weighted by atomic mass is 35.5. The minimum Gasteiger partial charge on any atom is -0.481 e. The van der Waals surface area contributed by atoms with Gasteiger partial charge in [0, 0.05) is 11.6 Å². The zero-order valence-corrected chi connectivity index (χ0v) is 13.0. The van der Waals surface area contributed by atoms with E-state index >= 15 is 0 Å². The van der Waals surface area contributed by atoms with E-state index in [2.05, 4.69) is 23.4 Å². The molecule has 1 aromatic carbocycles. The predicted molar refractivity (Wildman–Crippen MR) is 82.6 cm³/mol.